The molecule has 1 aliphatic heterocycles. The highest BCUT2D eigenvalue weighted by Gasteiger charge is 2.41. The molecule has 0 saturated carbocycles. The van der Waals surface area contributed by atoms with E-state index < -0.39 is 6.29 Å². The number of nitrogens with zero attached hydrogens (tertiary/aromatic N) is 1. The third kappa shape index (κ3) is 7.74. The summed E-state index contributed by atoms with van der Waals surface area (Å²) in [5.41, 5.74) is 3.02. The molecule has 2 heterocycles. The van der Waals surface area contributed by atoms with Crippen molar-refractivity contribution in [2.75, 3.05) is 0 Å². The lowest BCUT2D eigenvalue weighted by atomic mass is 10.1. The molecule has 0 radical (unpaired) electrons. The van der Waals surface area contributed by atoms with Crippen LogP contribution in [-0.4, -0.2) is 28.9 Å². The van der Waals surface area contributed by atoms with E-state index in [1.54, 1.807) is 18.0 Å². The van der Waals surface area contributed by atoms with Crippen molar-refractivity contribution >= 4 is 11.8 Å². The summed E-state index contributed by atoms with van der Waals surface area (Å²) in [5, 5.41) is 0.881. The Hall–Kier alpha value is -3.00. The molecule has 5 rings (SSSR count). The minimum Gasteiger partial charge on any atom is -0.370 e. The fourth-order valence-electron chi connectivity index (χ4n) is 4.15. The summed E-state index contributed by atoms with van der Waals surface area (Å²) in [7, 11) is 0. The van der Waals surface area contributed by atoms with E-state index in [0.717, 1.165) is 21.7 Å². The molecule has 0 aliphatic carbocycles. The highest BCUT2D eigenvalue weighted by Crippen LogP contribution is 2.36. The molecule has 0 bridgehead atoms. The Kier molecular flexibility index (Phi) is 9.37. The Bertz CT molecular complexity index is 1180. The first-order valence-corrected chi connectivity index (χ1v) is 13.4. The molecule has 37 heavy (non-hydrogen) atoms. The van der Waals surface area contributed by atoms with Gasteiger partial charge in [-0.05, 0) is 28.8 Å². The molecule has 0 N–H and O–H groups in total. The number of pyridine rings is 1. The summed E-state index contributed by atoms with van der Waals surface area (Å²) in [6.07, 6.45) is 1.40. The Morgan fingerprint density at radius 3 is 1.68 bits per heavy atom. The van der Waals surface area contributed by atoms with Crippen LogP contribution in [0.5, 0.6) is 0 Å². The van der Waals surface area contributed by atoms with Gasteiger partial charge in [-0.15, -0.1) is 0 Å². The molecule has 4 aromatic rings. The smallest absolute Gasteiger partial charge is 0.185 e. The van der Waals surface area contributed by atoms with Crippen molar-refractivity contribution in [1.82, 2.24) is 4.98 Å². The molecule has 0 spiro atoms. The van der Waals surface area contributed by atoms with Crippen LogP contribution < -0.4 is 0 Å². The van der Waals surface area contributed by atoms with E-state index in [1.165, 1.54) is 0 Å². The number of benzene rings is 3. The van der Waals surface area contributed by atoms with Gasteiger partial charge in [0.15, 0.2) is 6.29 Å². The topological polar surface area (TPSA) is 49.8 Å². The molecular formula is C31H31NO4S. The van der Waals surface area contributed by atoms with Crippen molar-refractivity contribution in [1.29, 1.82) is 0 Å². The molecule has 4 unspecified atom stereocenters. The lowest BCUT2D eigenvalue weighted by Crippen LogP contribution is -2.49. The van der Waals surface area contributed by atoms with E-state index in [9.17, 15) is 0 Å². The van der Waals surface area contributed by atoms with Gasteiger partial charge in [-0.25, -0.2) is 4.98 Å². The van der Waals surface area contributed by atoms with Gasteiger partial charge in [-0.1, -0.05) is 109 Å². The number of ether oxygens (including phenoxy) is 4. The number of thioether (sulfide) groups is 1. The highest BCUT2D eigenvalue weighted by atomic mass is 32.2. The summed E-state index contributed by atoms with van der Waals surface area (Å²) in [5.74, 6) is 0. The first-order valence-electron chi connectivity index (χ1n) is 12.5. The lowest BCUT2D eigenvalue weighted by molar-refractivity contribution is -0.268. The summed E-state index contributed by atoms with van der Waals surface area (Å²) >= 11 is 1.56. The average Bonchev–Trinajstić information content (AvgIpc) is 2.97. The second-order valence-electron chi connectivity index (χ2n) is 8.86. The molecular weight excluding hydrogens is 482 g/mol. The van der Waals surface area contributed by atoms with Gasteiger partial charge in [0.25, 0.3) is 0 Å². The number of hydrogen-bond donors (Lipinski definition) is 0. The minimum atomic E-state index is -0.540. The van der Waals surface area contributed by atoms with Crippen molar-refractivity contribution in [3.63, 3.8) is 0 Å². The average molecular weight is 514 g/mol. The zero-order valence-electron chi connectivity index (χ0n) is 20.6. The largest absolute Gasteiger partial charge is 0.370 e. The number of rotatable bonds is 11. The third-order valence-corrected chi connectivity index (χ3v) is 7.22. The van der Waals surface area contributed by atoms with Gasteiger partial charge >= 0.3 is 0 Å². The van der Waals surface area contributed by atoms with Crippen molar-refractivity contribution in [3.8, 4) is 0 Å². The Morgan fingerprint density at radius 2 is 1.14 bits per heavy atom. The Morgan fingerprint density at radius 1 is 0.622 bits per heavy atom. The van der Waals surface area contributed by atoms with Gasteiger partial charge < -0.3 is 18.9 Å². The second-order valence-corrected chi connectivity index (χ2v) is 9.98. The van der Waals surface area contributed by atoms with E-state index in [1.807, 2.05) is 72.8 Å². The van der Waals surface area contributed by atoms with Crippen molar-refractivity contribution in [2.24, 2.45) is 0 Å². The predicted molar refractivity (Wildman–Crippen MR) is 145 cm³/mol. The van der Waals surface area contributed by atoms with Crippen LogP contribution in [0.1, 0.15) is 23.1 Å². The maximum absolute atomic E-state index is 6.56. The van der Waals surface area contributed by atoms with Gasteiger partial charge in [0, 0.05) is 12.6 Å². The van der Waals surface area contributed by atoms with Crippen LogP contribution in [0.15, 0.2) is 120 Å². The summed E-state index contributed by atoms with van der Waals surface area (Å²) in [6, 6.07) is 36.4. The van der Waals surface area contributed by atoms with Gasteiger partial charge in [0.1, 0.15) is 11.5 Å². The lowest BCUT2D eigenvalue weighted by Gasteiger charge is -2.40. The molecule has 190 valence electrons. The molecule has 1 aromatic heterocycles. The van der Waals surface area contributed by atoms with Crippen molar-refractivity contribution in [3.05, 3.63) is 132 Å². The predicted octanol–water partition coefficient (Wildman–Crippen LogP) is 6.63. The van der Waals surface area contributed by atoms with Gasteiger partial charge in [0.05, 0.1) is 31.0 Å². The molecule has 0 amide bonds. The van der Waals surface area contributed by atoms with E-state index in [-0.39, 0.29) is 17.6 Å². The molecule has 3 aromatic carbocycles. The van der Waals surface area contributed by atoms with Gasteiger partial charge in [0.2, 0.25) is 0 Å². The van der Waals surface area contributed by atoms with Crippen LogP contribution in [0.25, 0.3) is 0 Å². The fourth-order valence-corrected chi connectivity index (χ4v) is 5.17. The van der Waals surface area contributed by atoms with E-state index in [2.05, 4.69) is 41.4 Å². The van der Waals surface area contributed by atoms with Crippen LogP contribution in [-0.2, 0) is 38.8 Å². The zero-order valence-corrected chi connectivity index (χ0v) is 21.4. The SMILES string of the molecule is c1ccc(COC2CC(OCc3ccccc3)C(Sc3ccccn3)OC2OCc2ccccc2)cc1. The monoisotopic (exact) mass is 513 g/mol. The maximum Gasteiger partial charge on any atom is 0.185 e. The van der Waals surface area contributed by atoms with Crippen molar-refractivity contribution in [2.45, 2.75) is 55.2 Å². The van der Waals surface area contributed by atoms with E-state index in [0.29, 0.717) is 26.2 Å². The van der Waals surface area contributed by atoms with Crippen LogP contribution in [0.4, 0.5) is 0 Å². The van der Waals surface area contributed by atoms with E-state index in [4.69, 9.17) is 18.9 Å². The van der Waals surface area contributed by atoms with Crippen LogP contribution in [0.2, 0.25) is 0 Å². The number of aromatic nitrogens is 1. The molecule has 6 heteroatoms. The summed E-state index contributed by atoms with van der Waals surface area (Å²) < 4.78 is 25.7. The Balaban J connectivity index is 1.33. The van der Waals surface area contributed by atoms with Crippen LogP contribution >= 0.6 is 11.8 Å². The van der Waals surface area contributed by atoms with Gasteiger partial charge in [-0.3, -0.25) is 0 Å². The van der Waals surface area contributed by atoms with Gasteiger partial charge in [-0.2, -0.15) is 0 Å². The quantitative estimate of drug-likeness (QED) is 0.224. The first kappa shape index (κ1) is 25.6. The maximum atomic E-state index is 6.56. The second kappa shape index (κ2) is 13.5. The van der Waals surface area contributed by atoms with Crippen LogP contribution in [0.3, 0.4) is 0 Å². The third-order valence-electron chi connectivity index (χ3n) is 6.09. The first-order chi connectivity index (χ1) is 18.3. The minimum absolute atomic E-state index is 0.204. The normalized spacial score (nSPS) is 21.5. The Labute approximate surface area is 222 Å². The summed E-state index contributed by atoms with van der Waals surface area (Å²) in [4.78, 5) is 4.49. The summed E-state index contributed by atoms with van der Waals surface area (Å²) in [6.45, 7) is 1.41. The fraction of sp³-hybridized carbons (Fsp3) is 0.258. The molecule has 5 nitrogen and oxygen atoms in total. The standard InChI is InChI=1S/C31H31NO4S/c1-4-12-24(13-5-1)21-33-27-20-28(34-22-25-14-6-2-7-15-25)31(37-29-18-10-11-19-32-29)36-30(27)35-23-26-16-8-3-9-17-26/h1-19,27-28,30-31H,20-23H2. The molecule has 4 atom stereocenters. The molecule has 1 fully saturated rings. The highest BCUT2D eigenvalue weighted by molar-refractivity contribution is 7.99. The zero-order chi connectivity index (χ0) is 25.1. The number of hydrogen-bond acceptors (Lipinski definition) is 6. The molecule has 1 saturated heterocycles. The van der Waals surface area contributed by atoms with Crippen LogP contribution in [0, 0.1) is 0 Å². The van der Waals surface area contributed by atoms with Crippen molar-refractivity contribution < 1.29 is 18.9 Å². The van der Waals surface area contributed by atoms with E-state index >= 15 is 0 Å². The molecule has 1 aliphatic rings.